The Kier molecular flexibility index (Phi) is 7.28. The summed E-state index contributed by atoms with van der Waals surface area (Å²) in [5.74, 6) is 3.45. The summed E-state index contributed by atoms with van der Waals surface area (Å²) in [6.07, 6.45) is 0. The summed E-state index contributed by atoms with van der Waals surface area (Å²) in [7, 11) is 3.11. The quantitative estimate of drug-likeness (QED) is 0.481. The number of benzene rings is 2. The smallest absolute Gasteiger partial charge is 0.323 e. The lowest BCUT2D eigenvalue weighted by Crippen LogP contribution is -2.36. The first kappa shape index (κ1) is 23.1. The van der Waals surface area contributed by atoms with Crippen LogP contribution in [0.1, 0.15) is 5.82 Å². The van der Waals surface area contributed by atoms with Gasteiger partial charge in [0.1, 0.15) is 29.0 Å². The van der Waals surface area contributed by atoms with E-state index in [0.717, 1.165) is 24.6 Å². The first-order chi connectivity index (χ1) is 16.5. The van der Waals surface area contributed by atoms with Crippen molar-refractivity contribution in [3.8, 4) is 11.5 Å². The highest BCUT2D eigenvalue weighted by Crippen LogP contribution is 2.26. The van der Waals surface area contributed by atoms with Crippen molar-refractivity contribution in [1.82, 2.24) is 9.97 Å². The Bertz CT molecular complexity index is 1110. The van der Waals surface area contributed by atoms with Gasteiger partial charge in [-0.15, -0.1) is 0 Å². The molecule has 1 aliphatic heterocycles. The van der Waals surface area contributed by atoms with Gasteiger partial charge in [-0.05, 0) is 31.2 Å². The van der Waals surface area contributed by atoms with E-state index in [4.69, 9.17) is 14.2 Å². The molecule has 0 saturated carbocycles. The van der Waals surface area contributed by atoms with Crippen molar-refractivity contribution in [2.45, 2.75) is 6.92 Å². The van der Waals surface area contributed by atoms with Gasteiger partial charge in [-0.3, -0.25) is 0 Å². The molecule has 1 aliphatic rings. The van der Waals surface area contributed by atoms with E-state index in [1.54, 1.807) is 32.4 Å². The number of aromatic nitrogens is 2. The molecule has 0 atom stereocenters. The Hall–Kier alpha value is -4.05. The van der Waals surface area contributed by atoms with Crippen molar-refractivity contribution < 1.29 is 19.0 Å². The fourth-order valence-electron chi connectivity index (χ4n) is 3.53. The van der Waals surface area contributed by atoms with Gasteiger partial charge < -0.3 is 35.1 Å². The van der Waals surface area contributed by atoms with Gasteiger partial charge in [-0.1, -0.05) is 0 Å². The van der Waals surface area contributed by atoms with E-state index in [-0.39, 0.29) is 6.03 Å². The van der Waals surface area contributed by atoms with Gasteiger partial charge in [0.2, 0.25) is 0 Å². The number of aryl methyl sites for hydroxylation is 1. The summed E-state index contributed by atoms with van der Waals surface area (Å²) in [5.41, 5.74) is 2.04. The number of amides is 2. The monoisotopic (exact) mass is 464 g/mol. The first-order valence-electron chi connectivity index (χ1n) is 10.9. The van der Waals surface area contributed by atoms with Crippen LogP contribution >= 0.6 is 0 Å². The third kappa shape index (κ3) is 6.04. The summed E-state index contributed by atoms with van der Waals surface area (Å²) in [4.78, 5) is 23.7. The number of carbonyl (C=O) groups is 1. The number of morpholine rings is 1. The standard InChI is InChI=1S/C24H28N6O4/c1-16-25-22(15-23(26-16)30-8-10-34-11-9-30)27-17-4-6-18(7-5-17)28-24(31)29-19-12-20(32-2)14-21(13-19)33-3/h4-7,12-15H,8-11H2,1-3H3,(H,25,26,27)(H2,28,29,31). The molecule has 2 aromatic carbocycles. The van der Waals surface area contributed by atoms with Gasteiger partial charge in [0.25, 0.3) is 0 Å². The van der Waals surface area contributed by atoms with Crippen LogP contribution in [-0.2, 0) is 4.74 Å². The fraction of sp³-hybridized carbons (Fsp3) is 0.292. The van der Waals surface area contributed by atoms with E-state index in [2.05, 4.69) is 30.8 Å². The Balaban J connectivity index is 1.38. The normalized spacial score (nSPS) is 13.2. The number of carbonyl (C=O) groups excluding carboxylic acids is 1. The van der Waals surface area contributed by atoms with Crippen LogP contribution in [0.15, 0.2) is 48.5 Å². The average molecular weight is 465 g/mol. The van der Waals surface area contributed by atoms with Gasteiger partial charge in [-0.2, -0.15) is 0 Å². The maximum atomic E-state index is 12.4. The first-order valence-corrected chi connectivity index (χ1v) is 10.9. The molecule has 2 amide bonds. The van der Waals surface area contributed by atoms with Crippen molar-refractivity contribution >= 4 is 34.7 Å². The number of anilines is 5. The molecule has 0 aliphatic carbocycles. The highest BCUT2D eigenvalue weighted by atomic mass is 16.5. The molecule has 3 N–H and O–H groups in total. The molecule has 0 radical (unpaired) electrons. The number of rotatable bonds is 7. The number of hydrogen-bond donors (Lipinski definition) is 3. The van der Waals surface area contributed by atoms with Crippen molar-refractivity contribution in [2.75, 3.05) is 61.4 Å². The lowest BCUT2D eigenvalue weighted by atomic mass is 10.2. The number of ether oxygens (including phenoxy) is 3. The third-order valence-electron chi connectivity index (χ3n) is 5.18. The second-order valence-electron chi connectivity index (χ2n) is 7.64. The molecule has 1 saturated heterocycles. The fourth-order valence-corrected chi connectivity index (χ4v) is 3.53. The molecule has 10 nitrogen and oxygen atoms in total. The lowest BCUT2D eigenvalue weighted by molar-refractivity contribution is 0.122. The number of hydrogen-bond acceptors (Lipinski definition) is 8. The van der Waals surface area contributed by atoms with Crippen LogP contribution in [0.25, 0.3) is 0 Å². The molecule has 0 bridgehead atoms. The molecule has 4 rings (SSSR count). The second-order valence-corrected chi connectivity index (χ2v) is 7.64. The summed E-state index contributed by atoms with van der Waals surface area (Å²) < 4.78 is 15.9. The molecule has 2 heterocycles. The molecule has 0 unspecified atom stereocenters. The van der Waals surface area contributed by atoms with Gasteiger partial charge in [0.05, 0.1) is 27.4 Å². The van der Waals surface area contributed by atoms with Crippen LogP contribution in [0.2, 0.25) is 0 Å². The molecule has 1 fully saturated rings. The highest BCUT2D eigenvalue weighted by molar-refractivity contribution is 6.00. The predicted molar refractivity (Wildman–Crippen MR) is 132 cm³/mol. The van der Waals surface area contributed by atoms with Gasteiger partial charge in [0, 0.05) is 54.4 Å². The molecule has 34 heavy (non-hydrogen) atoms. The molecule has 3 aromatic rings. The van der Waals surface area contributed by atoms with Crippen LogP contribution in [0.4, 0.5) is 33.5 Å². The number of methoxy groups -OCH3 is 2. The SMILES string of the molecule is COc1cc(NC(=O)Nc2ccc(Nc3cc(N4CCOCC4)nc(C)n3)cc2)cc(OC)c1. The summed E-state index contributed by atoms with van der Waals surface area (Å²) >= 11 is 0. The van der Waals surface area contributed by atoms with Crippen LogP contribution < -0.4 is 30.3 Å². The second kappa shape index (κ2) is 10.7. The van der Waals surface area contributed by atoms with E-state index in [1.807, 2.05) is 37.3 Å². The number of nitrogens with zero attached hydrogens (tertiary/aromatic N) is 3. The average Bonchev–Trinajstić information content (AvgIpc) is 2.85. The largest absolute Gasteiger partial charge is 0.497 e. The van der Waals surface area contributed by atoms with Gasteiger partial charge >= 0.3 is 6.03 Å². The zero-order valence-corrected chi connectivity index (χ0v) is 19.4. The maximum Gasteiger partial charge on any atom is 0.323 e. The summed E-state index contributed by atoms with van der Waals surface area (Å²) in [6, 6.07) is 14.1. The van der Waals surface area contributed by atoms with Gasteiger partial charge in [0.15, 0.2) is 0 Å². The molecule has 0 spiro atoms. The van der Waals surface area contributed by atoms with E-state index in [0.29, 0.717) is 47.7 Å². The van der Waals surface area contributed by atoms with Crippen molar-refractivity contribution in [1.29, 1.82) is 0 Å². The third-order valence-corrected chi connectivity index (χ3v) is 5.18. The maximum absolute atomic E-state index is 12.4. The van der Waals surface area contributed by atoms with Gasteiger partial charge in [-0.25, -0.2) is 14.8 Å². The van der Waals surface area contributed by atoms with Crippen LogP contribution in [0.3, 0.4) is 0 Å². The minimum absolute atomic E-state index is 0.377. The van der Waals surface area contributed by atoms with Crippen molar-refractivity contribution in [3.63, 3.8) is 0 Å². The summed E-state index contributed by atoms with van der Waals surface area (Å²) in [6.45, 7) is 4.87. The van der Waals surface area contributed by atoms with Crippen molar-refractivity contribution in [3.05, 3.63) is 54.4 Å². The minimum atomic E-state index is -0.377. The molecule has 10 heteroatoms. The van der Waals surface area contributed by atoms with E-state index >= 15 is 0 Å². The lowest BCUT2D eigenvalue weighted by Gasteiger charge is -2.28. The molecular weight excluding hydrogens is 436 g/mol. The Morgan fingerprint density at radius 2 is 1.50 bits per heavy atom. The van der Waals surface area contributed by atoms with E-state index in [9.17, 15) is 4.79 Å². The topological polar surface area (TPSA) is 110 Å². The zero-order chi connectivity index (χ0) is 23.9. The van der Waals surface area contributed by atoms with E-state index < -0.39 is 0 Å². The van der Waals surface area contributed by atoms with Crippen molar-refractivity contribution in [2.24, 2.45) is 0 Å². The Morgan fingerprint density at radius 3 is 2.15 bits per heavy atom. The van der Waals surface area contributed by atoms with E-state index in [1.165, 1.54) is 0 Å². The summed E-state index contributed by atoms with van der Waals surface area (Å²) in [5, 5.41) is 8.90. The Morgan fingerprint density at radius 1 is 0.882 bits per heavy atom. The number of nitrogens with one attached hydrogen (secondary N) is 3. The Labute approximate surface area is 198 Å². The highest BCUT2D eigenvalue weighted by Gasteiger charge is 2.14. The molecular formula is C24H28N6O4. The number of urea groups is 1. The van der Waals surface area contributed by atoms with Crippen LogP contribution in [0.5, 0.6) is 11.5 Å². The van der Waals surface area contributed by atoms with Crippen LogP contribution in [-0.4, -0.2) is 56.5 Å². The zero-order valence-electron chi connectivity index (χ0n) is 19.4. The minimum Gasteiger partial charge on any atom is -0.497 e. The predicted octanol–water partition coefficient (Wildman–Crippen LogP) is 4.03. The molecule has 1 aromatic heterocycles. The molecule has 178 valence electrons. The van der Waals surface area contributed by atoms with Crippen LogP contribution in [0, 0.1) is 6.92 Å².